The van der Waals surface area contributed by atoms with Crippen molar-refractivity contribution < 1.29 is 4.79 Å². The lowest BCUT2D eigenvalue weighted by molar-refractivity contribution is 0.0957. The summed E-state index contributed by atoms with van der Waals surface area (Å²) in [7, 11) is 1.59. The minimum Gasteiger partial charge on any atom is -0.354 e. The van der Waals surface area contributed by atoms with E-state index in [0.29, 0.717) is 5.69 Å². The van der Waals surface area contributed by atoms with Crippen LogP contribution >= 0.6 is 0 Å². The highest BCUT2D eigenvalue weighted by Gasteiger charge is 2.16. The van der Waals surface area contributed by atoms with Crippen molar-refractivity contribution in [3.63, 3.8) is 0 Å². The molecule has 0 radical (unpaired) electrons. The van der Waals surface area contributed by atoms with Gasteiger partial charge >= 0.3 is 0 Å². The van der Waals surface area contributed by atoms with E-state index in [0.717, 1.165) is 31.7 Å². The molecule has 3 rings (SSSR count). The third-order valence-corrected chi connectivity index (χ3v) is 4.01. The topological polar surface area (TPSA) is 58.1 Å². The monoisotopic (exact) mass is 308 g/mol. The zero-order valence-electron chi connectivity index (χ0n) is 13.2. The van der Waals surface area contributed by atoms with Crippen molar-refractivity contribution in [3.8, 4) is 0 Å². The van der Waals surface area contributed by atoms with Gasteiger partial charge in [-0.3, -0.25) is 4.79 Å². The number of rotatable bonds is 3. The molecule has 2 heterocycles. The Bertz CT molecular complexity index is 685. The summed E-state index contributed by atoms with van der Waals surface area (Å²) in [5.41, 5.74) is 3.06. The second-order valence-corrected chi connectivity index (χ2v) is 5.56. The molecule has 0 atom stereocenters. The summed E-state index contributed by atoms with van der Waals surface area (Å²) in [4.78, 5) is 13.7. The van der Waals surface area contributed by atoms with Gasteiger partial charge in [-0.2, -0.15) is 0 Å². The second kappa shape index (κ2) is 7.05. The van der Waals surface area contributed by atoms with Crippen LogP contribution in [0, 0.1) is 0 Å². The van der Waals surface area contributed by atoms with Crippen molar-refractivity contribution in [3.05, 3.63) is 59.3 Å². The molecule has 1 saturated heterocycles. The molecule has 0 aliphatic carbocycles. The van der Waals surface area contributed by atoms with E-state index in [9.17, 15) is 4.79 Å². The highest BCUT2D eigenvalue weighted by molar-refractivity contribution is 5.91. The Hall–Kier alpha value is -2.69. The highest BCUT2D eigenvalue weighted by Crippen LogP contribution is 2.22. The molecule has 5 nitrogen and oxygen atoms in total. The van der Waals surface area contributed by atoms with Gasteiger partial charge in [0.25, 0.3) is 5.91 Å². The number of carbonyl (C=O) groups excluding carboxylic acids is 1. The highest BCUT2D eigenvalue weighted by atomic mass is 16.1. The van der Waals surface area contributed by atoms with Crippen LogP contribution < -0.4 is 10.2 Å². The lowest BCUT2D eigenvalue weighted by Gasteiger charge is -2.29. The Morgan fingerprint density at radius 2 is 1.83 bits per heavy atom. The average Bonchev–Trinajstić information content (AvgIpc) is 2.63. The first-order valence-electron chi connectivity index (χ1n) is 7.81. The minimum atomic E-state index is -0.212. The van der Waals surface area contributed by atoms with E-state index < -0.39 is 0 Å². The quantitative estimate of drug-likeness (QED) is 0.946. The van der Waals surface area contributed by atoms with Crippen molar-refractivity contribution in [1.82, 2.24) is 15.5 Å². The fourth-order valence-corrected chi connectivity index (χ4v) is 2.70. The van der Waals surface area contributed by atoms with Gasteiger partial charge in [-0.1, -0.05) is 42.0 Å². The summed E-state index contributed by atoms with van der Waals surface area (Å²) in [5.74, 6) is 0.618. The summed E-state index contributed by atoms with van der Waals surface area (Å²) in [5, 5.41) is 10.7. The van der Waals surface area contributed by atoms with Crippen molar-refractivity contribution >= 4 is 17.8 Å². The molecular formula is C18H20N4O. The number of nitrogens with zero attached hydrogens (tertiary/aromatic N) is 3. The summed E-state index contributed by atoms with van der Waals surface area (Å²) < 4.78 is 0. The Morgan fingerprint density at radius 1 is 1.09 bits per heavy atom. The number of nitrogens with one attached hydrogen (secondary N) is 1. The molecule has 1 N–H and O–H groups in total. The molecule has 0 spiro atoms. The number of anilines is 1. The van der Waals surface area contributed by atoms with Gasteiger partial charge in [0, 0.05) is 20.1 Å². The van der Waals surface area contributed by atoms with Crippen LogP contribution in [0.3, 0.4) is 0 Å². The van der Waals surface area contributed by atoms with Gasteiger partial charge in [0.05, 0.1) is 0 Å². The van der Waals surface area contributed by atoms with Crippen LogP contribution in [0.15, 0.2) is 48.0 Å². The molecule has 23 heavy (non-hydrogen) atoms. The van der Waals surface area contributed by atoms with Crippen molar-refractivity contribution in [2.45, 2.75) is 12.8 Å². The molecule has 2 aromatic rings. The number of hydrogen-bond acceptors (Lipinski definition) is 4. The third-order valence-electron chi connectivity index (χ3n) is 4.01. The predicted octanol–water partition coefficient (Wildman–Crippen LogP) is 2.52. The van der Waals surface area contributed by atoms with E-state index in [4.69, 9.17) is 0 Å². The summed E-state index contributed by atoms with van der Waals surface area (Å²) in [6.07, 6.45) is 4.32. The number of aromatic nitrogens is 2. The van der Waals surface area contributed by atoms with Crippen LogP contribution in [0.25, 0.3) is 6.08 Å². The average molecular weight is 308 g/mol. The van der Waals surface area contributed by atoms with E-state index in [1.165, 1.54) is 11.1 Å². The smallest absolute Gasteiger partial charge is 0.271 e. The second-order valence-electron chi connectivity index (χ2n) is 5.56. The van der Waals surface area contributed by atoms with Gasteiger partial charge in [0.1, 0.15) is 0 Å². The predicted molar refractivity (Wildman–Crippen MR) is 91.3 cm³/mol. The van der Waals surface area contributed by atoms with Crippen LogP contribution in [-0.2, 0) is 0 Å². The molecule has 1 aliphatic rings. The molecule has 1 aromatic heterocycles. The Kier molecular flexibility index (Phi) is 4.66. The van der Waals surface area contributed by atoms with Crippen LogP contribution in [0.4, 0.5) is 5.82 Å². The molecular weight excluding hydrogens is 288 g/mol. The standard InChI is InChI=1S/C18H20N4O/c1-19-18(23)16-7-8-17(21-20-16)22-11-9-15(10-12-22)13-14-5-3-2-4-6-14/h2-8,13H,9-12H2,1H3,(H,19,23). The van der Waals surface area contributed by atoms with Crippen molar-refractivity contribution in [2.75, 3.05) is 25.0 Å². The van der Waals surface area contributed by atoms with E-state index in [1.54, 1.807) is 13.1 Å². The Morgan fingerprint density at radius 3 is 2.43 bits per heavy atom. The van der Waals surface area contributed by atoms with Crippen molar-refractivity contribution in [1.29, 1.82) is 0 Å². The molecule has 118 valence electrons. The van der Waals surface area contributed by atoms with Crippen LogP contribution in [0.2, 0.25) is 0 Å². The Balaban J connectivity index is 1.63. The number of amides is 1. The fraction of sp³-hybridized carbons (Fsp3) is 0.278. The molecule has 0 unspecified atom stereocenters. The summed E-state index contributed by atoms with van der Waals surface area (Å²) in [6.45, 7) is 1.85. The summed E-state index contributed by atoms with van der Waals surface area (Å²) in [6, 6.07) is 14.0. The van der Waals surface area contributed by atoms with Crippen LogP contribution in [-0.4, -0.2) is 36.2 Å². The lowest BCUT2D eigenvalue weighted by atomic mass is 10.0. The number of benzene rings is 1. The zero-order chi connectivity index (χ0) is 16.1. The molecule has 0 bridgehead atoms. The van der Waals surface area contributed by atoms with Gasteiger partial charge in [-0.05, 0) is 30.5 Å². The maximum absolute atomic E-state index is 11.5. The molecule has 1 amide bonds. The van der Waals surface area contributed by atoms with Crippen LogP contribution in [0.1, 0.15) is 28.9 Å². The normalized spacial score (nSPS) is 14.5. The van der Waals surface area contributed by atoms with Crippen LogP contribution in [0.5, 0.6) is 0 Å². The largest absolute Gasteiger partial charge is 0.354 e. The number of piperidine rings is 1. The zero-order valence-corrected chi connectivity index (χ0v) is 13.2. The van der Waals surface area contributed by atoms with Gasteiger partial charge in [0.15, 0.2) is 11.5 Å². The molecule has 1 aromatic carbocycles. The first-order chi connectivity index (χ1) is 11.3. The van der Waals surface area contributed by atoms with E-state index in [-0.39, 0.29) is 5.91 Å². The maximum Gasteiger partial charge on any atom is 0.271 e. The fourth-order valence-electron chi connectivity index (χ4n) is 2.70. The lowest BCUT2D eigenvalue weighted by Crippen LogP contribution is -2.31. The molecule has 1 aliphatic heterocycles. The first-order valence-corrected chi connectivity index (χ1v) is 7.81. The molecule has 1 fully saturated rings. The number of carbonyl (C=O) groups is 1. The van der Waals surface area contributed by atoms with Gasteiger partial charge in [-0.25, -0.2) is 0 Å². The third kappa shape index (κ3) is 3.74. The first kappa shape index (κ1) is 15.2. The van der Waals surface area contributed by atoms with Gasteiger partial charge < -0.3 is 10.2 Å². The maximum atomic E-state index is 11.5. The van der Waals surface area contributed by atoms with E-state index >= 15 is 0 Å². The van der Waals surface area contributed by atoms with Gasteiger partial charge in [0.2, 0.25) is 0 Å². The minimum absolute atomic E-state index is 0.212. The van der Waals surface area contributed by atoms with Crippen molar-refractivity contribution in [2.24, 2.45) is 0 Å². The van der Waals surface area contributed by atoms with E-state index in [2.05, 4.69) is 50.8 Å². The molecule has 0 saturated carbocycles. The number of hydrogen-bond donors (Lipinski definition) is 1. The SMILES string of the molecule is CNC(=O)c1ccc(N2CCC(=Cc3ccccc3)CC2)nn1. The summed E-state index contributed by atoms with van der Waals surface area (Å²) >= 11 is 0. The molecule has 5 heteroatoms. The Labute approximate surface area is 136 Å². The van der Waals surface area contributed by atoms with Gasteiger partial charge in [-0.15, -0.1) is 10.2 Å². The van der Waals surface area contributed by atoms with E-state index in [1.807, 2.05) is 12.1 Å².